The van der Waals surface area contributed by atoms with Crippen molar-refractivity contribution in [3.63, 3.8) is 0 Å². The molecule has 3 heterocycles. The highest BCUT2D eigenvalue weighted by Gasteiger charge is 2.29. The Labute approximate surface area is 184 Å². The standard InChI is InChI=1S/C23H26N4O3S/c1-15-10-11-20(28)27(25-15)14-21(29)26-12-6-2-3-7-16(26)13-18-17-8-4-5-9-19(17)31-22(18)23(24)30/h4-5,8-11,16H,2-3,6-7,12-14H2,1H3,(H2,24,30). The lowest BCUT2D eigenvalue weighted by Gasteiger charge is -2.30. The monoisotopic (exact) mass is 438 g/mol. The molecule has 0 saturated carbocycles. The van der Waals surface area contributed by atoms with E-state index >= 15 is 0 Å². The van der Waals surface area contributed by atoms with Crippen LogP contribution < -0.4 is 11.3 Å². The van der Waals surface area contributed by atoms with Gasteiger partial charge >= 0.3 is 0 Å². The van der Waals surface area contributed by atoms with E-state index in [4.69, 9.17) is 5.73 Å². The van der Waals surface area contributed by atoms with Crippen LogP contribution in [0, 0.1) is 6.92 Å². The number of nitrogens with zero attached hydrogens (tertiary/aromatic N) is 3. The van der Waals surface area contributed by atoms with Gasteiger partial charge in [0, 0.05) is 23.4 Å². The predicted molar refractivity (Wildman–Crippen MR) is 121 cm³/mol. The molecule has 1 saturated heterocycles. The number of benzene rings is 1. The van der Waals surface area contributed by atoms with Crippen LogP contribution in [0.2, 0.25) is 0 Å². The molecule has 2 aromatic heterocycles. The minimum absolute atomic E-state index is 0.0494. The van der Waals surface area contributed by atoms with E-state index in [0.29, 0.717) is 23.5 Å². The van der Waals surface area contributed by atoms with Gasteiger partial charge in [-0.2, -0.15) is 5.10 Å². The Morgan fingerprint density at radius 2 is 1.97 bits per heavy atom. The topological polar surface area (TPSA) is 98.3 Å². The molecule has 8 heteroatoms. The van der Waals surface area contributed by atoms with Crippen molar-refractivity contribution in [2.75, 3.05) is 6.54 Å². The summed E-state index contributed by atoms with van der Waals surface area (Å²) in [7, 11) is 0. The Morgan fingerprint density at radius 1 is 1.16 bits per heavy atom. The van der Waals surface area contributed by atoms with Gasteiger partial charge in [0.1, 0.15) is 6.54 Å². The van der Waals surface area contributed by atoms with E-state index in [1.807, 2.05) is 29.2 Å². The number of thiophene rings is 1. The maximum Gasteiger partial charge on any atom is 0.267 e. The Bertz CT molecular complexity index is 1180. The molecule has 0 spiro atoms. The van der Waals surface area contributed by atoms with Gasteiger partial charge in [0.25, 0.3) is 11.5 Å². The molecule has 1 aliphatic rings. The van der Waals surface area contributed by atoms with Gasteiger partial charge in [0.2, 0.25) is 5.91 Å². The van der Waals surface area contributed by atoms with E-state index < -0.39 is 5.91 Å². The number of carbonyl (C=O) groups excluding carboxylic acids is 2. The smallest absolute Gasteiger partial charge is 0.267 e. The van der Waals surface area contributed by atoms with E-state index in [9.17, 15) is 14.4 Å². The van der Waals surface area contributed by atoms with Crippen molar-refractivity contribution >= 4 is 33.2 Å². The van der Waals surface area contributed by atoms with Gasteiger partial charge in [0.15, 0.2) is 0 Å². The second kappa shape index (κ2) is 9.01. The van der Waals surface area contributed by atoms with Crippen LogP contribution in [-0.2, 0) is 17.8 Å². The number of fused-ring (bicyclic) bond motifs is 1. The molecule has 162 valence electrons. The average Bonchev–Trinajstić information content (AvgIpc) is 2.94. The second-order valence-corrected chi connectivity index (χ2v) is 9.09. The maximum absolute atomic E-state index is 13.2. The molecule has 0 aliphatic carbocycles. The molecule has 0 bridgehead atoms. The number of rotatable bonds is 5. The molecule has 2 N–H and O–H groups in total. The van der Waals surface area contributed by atoms with E-state index in [1.165, 1.54) is 22.1 Å². The molecular weight excluding hydrogens is 412 g/mol. The molecule has 1 aromatic carbocycles. The number of hydrogen-bond acceptors (Lipinski definition) is 5. The minimum atomic E-state index is -0.432. The lowest BCUT2D eigenvalue weighted by Crippen LogP contribution is -2.44. The summed E-state index contributed by atoms with van der Waals surface area (Å²) in [5.74, 6) is -0.550. The zero-order valence-corrected chi connectivity index (χ0v) is 18.4. The fourth-order valence-corrected chi connectivity index (χ4v) is 5.42. The lowest BCUT2D eigenvalue weighted by atomic mass is 9.98. The summed E-state index contributed by atoms with van der Waals surface area (Å²) < 4.78 is 2.25. The normalized spacial score (nSPS) is 16.9. The largest absolute Gasteiger partial charge is 0.365 e. The van der Waals surface area contributed by atoms with Gasteiger partial charge in [-0.1, -0.05) is 31.0 Å². The zero-order chi connectivity index (χ0) is 22.0. The summed E-state index contributed by atoms with van der Waals surface area (Å²) >= 11 is 1.41. The van der Waals surface area contributed by atoms with Crippen LogP contribution in [0.3, 0.4) is 0 Å². The maximum atomic E-state index is 13.2. The van der Waals surface area contributed by atoms with Gasteiger partial charge < -0.3 is 10.6 Å². The molecule has 1 aliphatic heterocycles. The summed E-state index contributed by atoms with van der Waals surface area (Å²) in [5.41, 5.74) is 7.01. The van der Waals surface area contributed by atoms with E-state index in [0.717, 1.165) is 41.3 Å². The fourth-order valence-electron chi connectivity index (χ4n) is 4.34. The number of carbonyl (C=O) groups is 2. The van der Waals surface area contributed by atoms with Crippen LogP contribution in [-0.4, -0.2) is 39.1 Å². The minimum Gasteiger partial charge on any atom is -0.365 e. The van der Waals surface area contributed by atoms with Gasteiger partial charge in [-0.25, -0.2) is 4.68 Å². The lowest BCUT2D eigenvalue weighted by molar-refractivity contribution is -0.134. The summed E-state index contributed by atoms with van der Waals surface area (Å²) in [5, 5.41) is 5.23. The number of hydrogen-bond donors (Lipinski definition) is 1. The third kappa shape index (κ3) is 4.54. The molecule has 4 rings (SSSR count). The van der Waals surface area contributed by atoms with Crippen molar-refractivity contribution < 1.29 is 9.59 Å². The number of aromatic nitrogens is 2. The third-order valence-corrected chi connectivity index (χ3v) is 7.07. The van der Waals surface area contributed by atoms with Crippen LogP contribution >= 0.6 is 11.3 Å². The van der Waals surface area contributed by atoms with Gasteiger partial charge in [-0.05, 0) is 49.3 Å². The number of primary amides is 1. The van der Waals surface area contributed by atoms with Crippen molar-refractivity contribution in [1.29, 1.82) is 0 Å². The quantitative estimate of drug-likeness (QED) is 0.662. The van der Waals surface area contributed by atoms with Gasteiger partial charge in [0.05, 0.1) is 10.6 Å². The van der Waals surface area contributed by atoms with Gasteiger partial charge in [-0.3, -0.25) is 14.4 Å². The molecule has 1 atom stereocenters. The molecular formula is C23H26N4O3S. The number of aryl methyl sites for hydroxylation is 1. The van der Waals surface area contributed by atoms with Crippen LogP contribution in [0.4, 0.5) is 0 Å². The van der Waals surface area contributed by atoms with E-state index in [-0.39, 0.29) is 24.1 Å². The van der Waals surface area contributed by atoms with Crippen LogP contribution in [0.1, 0.15) is 46.6 Å². The first-order valence-corrected chi connectivity index (χ1v) is 11.4. The first-order chi connectivity index (χ1) is 14.9. The van der Waals surface area contributed by atoms with Crippen molar-refractivity contribution in [3.8, 4) is 0 Å². The number of nitrogens with two attached hydrogens (primary N) is 1. The third-order valence-electron chi connectivity index (χ3n) is 5.84. The average molecular weight is 439 g/mol. The summed E-state index contributed by atoms with van der Waals surface area (Å²) in [6, 6.07) is 10.9. The van der Waals surface area contributed by atoms with Crippen molar-refractivity contribution in [3.05, 3.63) is 62.9 Å². The molecule has 7 nitrogen and oxygen atoms in total. The SMILES string of the molecule is Cc1ccc(=O)n(CC(=O)N2CCCCCC2Cc2c(C(N)=O)sc3ccccc23)n1. The highest BCUT2D eigenvalue weighted by molar-refractivity contribution is 7.21. The molecule has 3 aromatic rings. The number of amides is 2. The molecule has 31 heavy (non-hydrogen) atoms. The molecule has 0 radical (unpaired) electrons. The van der Waals surface area contributed by atoms with Crippen LogP contribution in [0.25, 0.3) is 10.1 Å². The van der Waals surface area contributed by atoms with Crippen molar-refractivity contribution in [1.82, 2.24) is 14.7 Å². The first kappa shape index (κ1) is 21.2. The Hall–Kier alpha value is -3.00. The Kier molecular flexibility index (Phi) is 6.18. The van der Waals surface area contributed by atoms with Crippen molar-refractivity contribution in [2.45, 2.75) is 51.6 Å². The van der Waals surface area contributed by atoms with Crippen LogP contribution in [0.15, 0.2) is 41.2 Å². The predicted octanol–water partition coefficient (Wildman–Crippen LogP) is 2.88. The Morgan fingerprint density at radius 3 is 2.77 bits per heavy atom. The zero-order valence-electron chi connectivity index (χ0n) is 17.5. The van der Waals surface area contributed by atoms with E-state index in [2.05, 4.69) is 5.10 Å². The molecule has 2 amide bonds. The highest BCUT2D eigenvalue weighted by atomic mass is 32.1. The Balaban J connectivity index is 1.65. The molecule has 1 fully saturated rings. The van der Waals surface area contributed by atoms with Crippen LogP contribution in [0.5, 0.6) is 0 Å². The fraction of sp³-hybridized carbons (Fsp3) is 0.391. The summed E-state index contributed by atoms with van der Waals surface area (Å²) in [4.78, 5) is 40.0. The summed E-state index contributed by atoms with van der Waals surface area (Å²) in [6.07, 6.45) is 4.42. The van der Waals surface area contributed by atoms with Gasteiger partial charge in [-0.15, -0.1) is 11.3 Å². The van der Waals surface area contributed by atoms with Crippen molar-refractivity contribution in [2.24, 2.45) is 5.73 Å². The molecule has 1 unspecified atom stereocenters. The number of likely N-dealkylation sites (tertiary alicyclic amines) is 1. The first-order valence-electron chi connectivity index (χ1n) is 10.6. The van der Waals surface area contributed by atoms with E-state index in [1.54, 1.807) is 13.0 Å². The highest BCUT2D eigenvalue weighted by Crippen LogP contribution is 2.33. The summed E-state index contributed by atoms with van der Waals surface area (Å²) in [6.45, 7) is 2.35. The second-order valence-electron chi connectivity index (χ2n) is 8.04.